The van der Waals surface area contributed by atoms with Gasteiger partial charge in [0.1, 0.15) is 5.37 Å². The van der Waals surface area contributed by atoms with E-state index in [-0.39, 0.29) is 16.7 Å². The van der Waals surface area contributed by atoms with Gasteiger partial charge in [-0.05, 0) is 31.2 Å². The molecule has 1 unspecified atom stereocenters. The van der Waals surface area contributed by atoms with E-state index in [0.717, 1.165) is 31.2 Å². The number of hydrogen-bond donors (Lipinski definition) is 3. The predicted octanol–water partition coefficient (Wildman–Crippen LogP) is -0.378. The summed E-state index contributed by atoms with van der Waals surface area (Å²) in [5, 5.41) is 3.11. The molecule has 0 bridgehead atoms. The number of sulfonamides is 2. The molecular formula is C16H14N2O9S3. The molecule has 1 atom stereocenters. The number of carbonyl (C=O) groups is 2. The Bertz CT molecular complexity index is 1430. The molecule has 0 aliphatic heterocycles. The van der Waals surface area contributed by atoms with Crippen molar-refractivity contribution in [1.29, 1.82) is 0 Å². The zero-order chi connectivity index (χ0) is 22.6. The van der Waals surface area contributed by atoms with Gasteiger partial charge in [0.2, 0.25) is 20.0 Å². The quantitative estimate of drug-likeness (QED) is 0.413. The van der Waals surface area contributed by atoms with E-state index in [9.17, 15) is 34.8 Å². The van der Waals surface area contributed by atoms with Crippen molar-refractivity contribution in [3.8, 4) is 0 Å². The van der Waals surface area contributed by atoms with Crippen molar-refractivity contribution >= 4 is 41.7 Å². The first-order valence-corrected chi connectivity index (χ1v) is 12.6. The molecule has 0 aromatic heterocycles. The summed E-state index contributed by atoms with van der Waals surface area (Å²) in [6.45, 7) is 0.864. The van der Waals surface area contributed by atoms with Crippen LogP contribution in [0, 0.1) is 0 Å². The van der Waals surface area contributed by atoms with Gasteiger partial charge < -0.3 is 0 Å². The molecular weight excluding hydrogens is 460 g/mol. The molecule has 2 aromatic rings. The Hall–Kier alpha value is -2.49. The van der Waals surface area contributed by atoms with E-state index in [2.05, 4.69) is 0 Å². The maximum absolute atomic E-state index is 13.0. The second kappa shape index (κ2) is 7.04. The van der Waals surface area contributed by atoms with E-state index in [4.69, 9.17) is 9.69 Å². The lowest BCUT2D eigenvalue weighted by molar-refractivity contribution is 0.0976. The summed E-state index contributed by atoms with van der Waals surface area (Å²) in [4.78, 5) is 24.7. The van der Waals surface area contributed by atoms with Crippen LogP contribution >= 0.6 is 0 Å². The van der Waals surface area contributed by atoms with Crippen molar-refractivity contribution in [1.82, 2.24) is 4.72 Å². The van der Waals surface area contributed by atoms with E-state index in [1.807, 2.05) is 0 Å². The molecule has 0 saturated carbocycles. The molecule has 14 heteroatoms. The fraction of sp³-hybridized carbons (Fsp3) is 0.125. The van der Waals surface area contributed by atoms with Gasteiger partial charge in [-0.3, -0.25) is 14.1 Å². The van der Waals surface area contributed by atoms with Crippen LogP contribution in [-0.2, 0) is 30.2 Å². The van der Waals surface area contributed by atoms with Gasteiger partial charge in [-0.15, -0.1) is 0 Å². The lowest BCUT2D eigenvalue weighted by Crippen LogP contribution is -2.39. The summed E-state index contributed by atoms with van der Waals surface area (Å²) >= 11 is 0. The van der Waals surface area contributed by atoms with Gasteiger partial charge in [-0.1, -0.05) is 12.1 Å². The van der Waals surface area contributed by atoms with Crippen molar-refractivity contribution in [2.24, 2.45) is 5.14 Å². The van der Waals surface area contributed by atoms with Crippen LogP contribution < -0.4 is 9.86 Å². The summed E-state index contributed by atoms with van der Waals surface area (Å²) in [6, 6.07) is 6.36. The normalized spacial score (nSPS) is 15.4. The molecule has 1 aliphatic rings. The number of carbonyl (C=O) groups excluding carboxylic acids is 2. The van der Waals surface area contributed by atoms with Crippen molar-refractivity contribution in [2.75, 3.05) is 0 Å². The SMILES string of the molecule is CC(NS(=O)(=O)c1cccc2c1C(=O)c1cc(S(N)(=O)=O)ccc1C2=O)S(=O)(=O)O. The number of benzene rings is 2. The third-order valence-electron chi connectivity index (χ3n) is 4.36. The van der Waals surface area contributed by atoms with Crippen LogP contribution in [0.3, 0.4) is 0 Å². The minimum absolute atomic E-state index is 0.145. The van der Waals surface area contributed by atoms with Gasteiger partial charge in [-0.25, -0.2) is 22.0 Å². The molecule has 2 aromatic carbocycles. The number of hydrogen-bond acceptors (Lipinski definition) is 8. The zero-order valence-corrected chi connectivity index (χ0v) is 17.5. The van der Waals surface area contributed by atoms with Gasteiger partial charge in [0.15, 0.2) is 11.6 Å². The first kappa shape index (κ1) is 22.2. The number of rotatable bonds is 5. The van der Waals surface area contributed by atoms with Gasteiger partial charge in [0.05, 0.1) is 15.4 Å². The highest BCUT2D eigenvalue weighted by molar-refractivity contribution is 7.92. The molecule has 1 aliphatic carbocycles. The van der Waals surface area contributed by atoms with Gasteiger partial charge in [0.25, 0.3) is 10.1 Å². The van der Waals surface area contributed by atoms with Gasteiger partial charge >= 0.3 is 0 Å². The summed E-state index contributed by atoms with van der Waals surface area (Å²) in [5.74, 6) is -1.70. The molecule has 0 fully saturated rings. The molecule has 4 N–H and O–H groups in total. The standard InChI is InChI=1S/C16H14N2O9S3/c1-8(30(25,26)27)18-29(23,24)13-4-2-3-11-14(13)16(20)12-7-9(28(17,21)22)5-6-10(12)15(11)19/h2-8,18H,1H3,(H2,17,21,22)(H,25,26,27). The average Bonchev–Trinajstić information content (AvgIpc) is 2.63. The van der Waals surface area contributed by atoms with Gasteiger partial charge in [-0.2, -0.15) is 13.1 Å². The first-order valence-electron chi connectivity index (χ1n) is 8.02. The van der Waals surface area contributed by atoms with Crippen LogP contribution in [-0.4, -0.2) is 46.7 Å². The Morgan fingerprint density at radius 1 is 0.900 bits per heavy atom. The highest BCUT2D eigenvalue weighted by atomic mass is 32.2. The van der Waals surface area contributed by atoms with Crippen LogP contribution in [0.15, 0.2) is 46.2 Å². The van der Waals surface area contributed by atoms with E-state index in [1.165, 1.54) is 12.1 Å². The molecule has 3 rings (SSSR count). The Balaban J connectivity index is 2.23. The average molecular weight is 474 g/mol. The van der Waals surface area contributed by atoms with E-state index < -0.39 is 62.5 Å². The Labute approximate surface area is 171 Å². The number of primary sulfonamides is 1. The van der Waals surface area contributed by atoms with Crippen LogP contribution in [0.1, 0.15) is 38.8 Å². The minimum atomic E-state index is -4.78. The monoisotopic (exact) mass is 474 g/mol. The highest BCUT2D eigenvalue weighted by Gasteiger charge is 2.36. The number of nitrogens with two attached hydrogens (primary N) is 1. The summed E-state index contributed by atoms with van der Waals surface area (Å²) in [7, 11) is -13.7. The van der Waals surface area contributed by atoms with Crippen LogP contribution in [0.4, 0.5) is 0 Å². The van der Waals surface area contributed by atoms with Crippen molar-refractivity contribution in [2.45, 2.75) is 22.1 Å². The van der Waals surface area contributed by atoms with Crippen LogP contribution in [0.2, 0.25) is 0 Å². The van der Waals surface area contributed by atoms with Crippen molar-refractivity contribution in [3.63, 3.8) is 0 Å². The van der Waals surface area contributed by atoms with Crippen LogP contribution in [0.5, 0.6) is 0 Å². The fourth-order valence-electron chi connectivity index (χ4n) is 2.89. The lowest BCUT2D eigenvalue weighted by atomic mass is 9.84. The topological polar surface area (TPSA) is 195 Å². The smallest absolute Gasteiger partial charge is 0.281 e. The first-order chi connectivity index (χ1) is 13.6. The maximum atomic E-state index is 13.0. The molecule has 0 spiro atoms. The Morgan fingerprint density at radius 2 is 1.53 bits per heavy atom. The highest BCUT2D eigenvalue weighted by Crippen LogP contribution is 2.32. The molecule has 0 heterocycles. The molecule has 160 valence electrons. The van der Waals surface area contributed by atoms with Crippen molar-refractivity contribution in [3.05, 3.63) is 58.7 Å². The largest absolute Gasteiger partial charge is 0.289 e. The zero-order valence-electron chi connectivity index (χ0n) is 15.1. The molecule has 0 saturated heterocycles. The van der Waals surface area contributed by atoms with E-state index >= 15 is 0 Å². The predicted molar refractivity (Wildman–Crippen MR) is 102 cm³/mol. The van der Waals surface area contributed by atoms with Crippen molar-refractivity contribution < 1.29 is 39.4 Å². The van der Waals surface area contributed by atoms with E-state index in [0.29, 0.717) is 0 Å². The number of fused-ring (bicyclic) bond motifs is 2. The van der Waals surface area contributed by atoms with E-state index in [1.54, 1.807) is 4.72 Å². The summed E-state index contributed by atoms with van der Waals surface area (Å²) in [5.41, 5.74) is -1.34. The molecule has 11 nitrogen and oxygen atoms in total. The number of ketones is 2. The molecule has 0 amide bonds. The lowest BCUT2D eigenvalue weighted by Gasteiger charge is -2.21. The molecule has 30 heavy (non-hydrogen) atoms. The summed E-state index contributed by atoms with van der Waals surface area (Å²) in [6.07, 6.45) is 0. The second-order valence-electron chi connectivity index (χ2n) is 6.37. The maximum Gasteiger partial charge on any atom is 0.281 e. The Morgan fingerprint density at radius 3 is 2.10 bits per heavy atom. The van der Waals surface area contributed by atoms with Gasteiger partial charge in [0, 0.05) is 16.7 Å². The summed E-state index contributed by atoms with van der Waals surface area (Å²) < 4.78 is 81.6. The second-order valence-corrected chi connectivity index (χ2v) is 11.3. The third kappa shape index (κ3) is 3.80. The fourth-order valence-corrected chi connectivity index (χ4v) is 5.59. The Kier molecular flexibility index (Phi) is 5.21. The number of nitrogens with one attached hydrogen (secondary N) is 1. The minimum Gasteiger partial charge on any atom is -0.289 e. The third-order valence-corrected chi connectivity index (χ3v) is 8.02. The molecule has 0 radical (unpaired) electrons. The van der Waals surface area contributed by atoms with Crippen LogP contribution in [0.25, 0.3) is 0 Å².